The molecule has 1 heterocycles. The number of fused-ring (bicyclic) bond motifs is 2. The molecule has 0 saturated heterocycles. The summed E-state index contributed by atoms with van der Waals surface area (Å²) in [6, 6.07) is 2.47. The van der Waals surface area contributed by atoms with Gasteiger partial charge in [-0.15, -0.1) is 11.3 Å². The summed E-state index contributed by atoms with van der Waals surface area (Å²) in [7, 11) is 0. The summed E-state index contributed by atoms with van der Waals surface area (Å²) in [4.78, 5) is 3.31. The van der Waals surface area contributed by atoms with Crippen LogP contribution in [0.2, 0.25) is 0 Å². The largest absolute Gasteiger partial charge is 0.145 e. The first-order valence-corrected chi connectivity index (χ1v) is 6.29. The summed E-state index contributed by atoms with van der Waals surface area (Å²) in [5.41, 5.74) is 1.70. The molecule has 0 nitrogen and oxygen atoms in total. The molecule has 1 aromatic heterocycles. The third-order valence-electron chi connectivity index (χ3n) is 3.59. The third kappa shape index (κ3) is 1.34. The maximum Gasteiger partial charge on any atom is 0.00803 e. The van der Waals surface area contributed by atoms with E-state index in [1.807, 2.05) is 0 Å². The van der Waals surface area contributed by atoms with E-state index in [1.54, 1.807) is 15.3 Å². The molecule has 2 atom stereocenters. The summed E-state index contributed by atoms with van der Waals surface area (Å²) < 4.78 is 0. The van der Waals surface area contributed by atoms with E-state index in [0.717, 1.165) is 11.8 Å². The molecule has 1 fully saturated rings. The second-order valence-corrected chi connectivity index (χ2v) is 5.73. The molecular formula is C12H16S. The van der Waals surface area contributed by atoms with Gasteiger partial charge in [-0.2, -0.15) is 0 Å². The Morgan fingerprint density at radius 2 is 2.38 bits per heavy atom. The number of hydrogen-bond donors (Lipinski definition) is 0. The van der Waals surface area contributed by atoms with Crippen LogP contribution in [0.3, 0.4) is 0 Å². The maximum atomic E-state index is 2.47. The second kappa shape index (κ2) is 2.84. The summed E-state index contributed by atoms with van der Waals surface area (Å²) in [5, 5.41) is 0. The van der Waals surface area contributed by atoms with E-state index in [9.17, 15) is 0 Å². The second-order valence-electron chi connectivity index (χ2n) is 4.51. The quantitative estimate of drug-likeness (QED) is 0.639. The van der Waals surface area contributed by atoms with Crippen molar-refractivity contribution in [2.24, 2.45) is 11.8 Å². The average Bonchev–Trinajstić information content (AvgIpc) is 2.78. The van der Waals surface area contributed by atoms with Crippen LogP contribution in [0.15, 0.2) is 6.07 Å². The van der Waals surface area contributed by atoms with Crippen LogP contribution in [0.5, 0.6) is 0 Å². The summed E-state index contributed by atoms with van der Waals surface area (Å²) in [5.74, 6) is 2.17. The lowest BCUT2D eigenvalue weighted by atomic mass is 10.1. The normalized spacial score (nSPS) is 30.5. The third-order valence-corrected chi connectivity index (χ3v) is 4.97. The molecule has 3 rings (SSSR count). The zero-order chi connectivity index (χ0) is 8.84. The standard InChI is InChI=1S/C12H16S/c1-2-11-7-10-6-9-5-8(9)3-4-12(10)13-11/h7-9H,2-6H2,1H3. The van der Waals surface area contributed by atoms with Crippen LogP contribution >= 0.6 is 11.3 Å². The molecule has 0 bridgehead atoms. The first-order chi connectivity index (χ1) is 6.36. The smallest absolute Gasteiger partial charge is 0.00803 e. The van der Waals surface area contributed by atoms with Gasteiger partial charge in [0.15, 0.2) is 0 Å². The van der Waals surface area contributed by atoms with Gasteiger partial charge in [0.2, 0.25) is 0 Å². The highest BCUT2D eigenvalue weighted by Crippen LogP contribution is 2.48. The van der Waals surface area contributed by atoms with Crippen molar-refractivity contribution in [3.8, 4) is 0 Å². The van der Waals surface area contributed by atoms with Gasteiger partial charge in [0.05, 0.1) is 0 Å². The van der Waals surface area contributed by atoms with Gasteiger partial charge in [-0.25, -0.2) is 0 Å². The number of hydrogen-bond acceptors (Lipinski definition) is 1. The van der Waals surface area contributed by atoms with E-state index >= 15 is 0 Å². The van der Waals surface area contributed by atoms with Crippen LogP contribution in [0, 0.1) is 11.8 Å². The zero-order valence-electron chi connectivity index (χ0n) is 8.18. The molecule has 2 aliphatic rings. The summed E-state index contributed by atoms with van der Waals surface area (Å²) >= 11 is 2.07. The highest BCUT2D eigenvalue weighted by molar-refractivity contribution is 7.12. The molecule has 2 aliphatic carbocycles. The minimum absolute atomic E-state index is 1.07. The lowest BCUT2D eigenvalue weighted by molar-refractivity contribution is 0.671. The molecule has 1 aromatic rings. The van der Waals surface area contributed by atoms with Gasteiger partial charge in [-0.3, -0.25) is 0 Å². The minimum atomic E-state index is 1.07. The van der Waals surface area contributed by atoms with Crippen molar-refractivity contribution in [2.75, 3.05) is 0 Å². The van der Waals surface area contributed by atoms with Crippen molar-refractivity contribution >= 4 is 11.3 Å². The molecule has 1 heteroatoms. The molecule has 0 spiro atoms. The van der Waals surface area contributed by atoms with E-state index in [4.69, 9.17) is 0 Å². The Morgan fingerprint density at radius 3 is 3.23 bits per heavy atom. The predicted octanol–water partition coefficient (Wildman–Crippen LogP) is 3.44. The fraction of sp³-hybridized carbons (Fsp3) is 0.667. The van der Waals surface area contributed by atoms with E-state index < -0.39 is 0 Å². The van der Waals surface area contributed by atoms with Crippen LogP contribution in [0.4, 0.5) is 0 Å². The molecule has 0 radical (unpaired) electrons. The number of aryl methyl sites for hydroxylation is 2. The van der Waals surface area contributed by atoms with Crippen molar-refractivity contribution in [1.82, 2.24) is 0 Å². The maximum absolute atomic E-state index is 2.47. The van der Waals surface area contributed by atoms with Gasteiger partial charge in [0.25, 0.3) is 0 Å². The first-order valence-electron chi connectivity index (χ1n) is 5.47. The van der Waals surface area contributed by atoms with Crippen molar-refractivity contribution in [1.29, 1.82) is 0 Å². The topological polar surface area (TPSA) is 0 Å². The predicted molar refractivity (Wildman–Crippen MR) is 57.3 cm³/mol. The van der Waals surface area contributed by atoms with Crippen molar-refractivity contribution in [3.05, 3.63) is 21.4 Å². The molecule has 0 aromatic carbocycles. The molecule has 0 aliphatic heterocycles. The molecule has 0 amide bonds. The Balaban J connectivity index is 1.93. The van der Waals surface area contributed by atoms with Crippen LogP contribution in [0.25, 0.3) is 0 Å². The van der Waals surface area contributed by atoms with Crippen LogP contribution in [0.1, 0.15) is 35.1 Å². The van der Waals surface area contributed by atoms with Crippen LogP contribution < -0.4 is 0 Å². The minimum Gasteiger partial charge on any atom is -0.145 e. The Hall–Kier alpha value is -0.300. The van der Waals surface area contributed by atoms with Gasteiger partial charge in [0.1, 0.15) is 0 Å². The first kappa shape index (κ1) is 8.05. The molecule has 2 unspecified atom stereocenters. The van der Waals surface area contributed by atoms with E-state index in [0.29, 0.717) is 0 Å². The van der Waals surface area contributed by atoms with Crippen molar-refractivity contribution < 1.29 is 0 Å². The van der Waals surface area contributed by atoms with Crippen LogP contribution in [-0.2, 0) is 19.3 Å². The Bertz CT molecular complexity index is 324. The Morgan fingerprint density at radius 1 is 1.46 bits per heavy atom. The van der Waals surface area contributed by atoms with E-state index in [-0.39, 0.29) is 0 Å². The highest BCUT2D eigenvalue weighted by Gasteiger charge is 2.39. The van der Waals surface area contributed by atoms with Gasteiger partial charge in [-0.05, 0) is 55.6 Å². The summed E-state index contributed by atoms with van der Waals surface area (Å²) in [6.07, 6.45) is 7.00. The monoisotopic (exact) mass is 192 g/mol. The lowest BCUT2D eigenvalue weighted by Gasteiger charge is -1.96. The SMILES string of the molecule is CCc1cc2c(s1)CCC1CC1C2. The molecular weight excluding hydrogens is 176 g/mol. The molecule has 1 saturated carbocycles. The Kier molecular flexibility index (Phi) is 1.76. The van der Waals surface area contributed by atoms with Gasteiger partial charge in [0, 0.05) is 9.75 Å². The molecule has 0 N–H and O–H groups in total. The van der Waals surface area contributed by atoms with Gasteiger partial charge < -0.3 is 0 Å². The fourth-order valence-electron chi connectivity index (χ4n) is 2.60. The lowest BCUT2D eigenvalue weighted by Crippen LogP contribution is -1.85. The zero-order valence-corrected chi connectivity index (χ0v) is 8.99. The van der Waals surface area contributed by atoms with Crippen molar-refractivity contribution in [3.63, 3.8) is 0 Å². The molecule has 13 heavy (non-hydrogen) atoms. The highest BCUT2D eigenvalue weighted by atomic mass is 32.1. The van der Waals surface area contributed by atoms with Gasteiger partial charge >= 0.3 is 0 Å². The van der Waals surface area contributed by atoms with Crippen molar-refractivity contribution in [2.45, 2.75) is 39.0 Å². The summed E-state index contributed by atoms with van der Waals surface area (Å²) in [6.45, 7) is 2.27. The van der Waals surface area contributed by atoms with E-state index in [2.05, 4.69) is 24.3 Å². The Labute approximate surface area is 84.0 Å². The average molecular weight is 192 g/mol. The van der Waals surface area contributed by atoms with E-state index in [1.165, 1.54) is 32.1 Å². The number of rotatable bonds is 1. The molecule has 70 valence electrons. The van der Waals surface area contributed by atoms with Crippen LogP contribution in [-0.4, -0.2) is 0 Å². The number of thiophene rings is 1. The van der Waals surface area contributed by atoms with Gasteiger partial charge in [-0.1, -0.05) is 6.92 Å². The fourth-order valence-corrected chi connectivity index (χ4v) is 3.75.